The molecule has 115 heavy (non-hydrogen) atoms. The van der Waals surface area contributed by atoms with Gasteiger partial charge in [0, 0.05) is 26.9 Å². The van der Waals surface area contributed by atoms with Gasteiger partial charge in [-0.05, 0) is 79.1 Å². The molecule has 0 aliphatic carbocycles. The maximum atomic E-state index is 15.1. The van der Waals surface area contributed by atoms with E-state index in [-0.39, 0.29) is 171 Å². The van der Waals surface area contributed by atoms with Crippen molar-refractivity contribution in [1.82, 2.24) is 5.32 Å². The molecule has 0 saturated carbocycles. The number of esters is 1. The van der Waals surface area contributed by atoms with Crippen LogP contribution < -0.4 is 43.2 Å². The van der Waals surface area contributed by atoms with Gasteiger partial charge >= 0.3 is 5.97 Å². The summed E-state index contributed by atoms with van der Waals surface area (Å²) in [6.07, 6.45) is 0. The van der Waals surface area contributed by atoms with E-state index in [9.17, 15) is 4.79 Å². The number of nitrogens with one attached hydrogen (secondary N) is 1. The first-order chi connectivity index (χ1) is 56.5. The number of amides is 1. The molecule has 5 aromatic carbocycles. The predicted molar refractivity (Wildman–Crippen MR) is 419 cm³/mol. The Morgan fingerprint density at radius 3 is 0.896 bits per heavy atom. The second-order valence-corrected chi connectivity index (χ2v) is 25.6. The molecule has 1 heterocycles. The van der Waals surface area contributed by atoms with Crippen LogP contribution >= 0.6 is 0 Å². The van der Waals surface area contributed by atoms with Crippen LogP contribution in [0.15, 0.2) is 103 Å². The second-order valence-electron chi connectivity index (χ2n) is 25.6. The van der Waals surface area contributed by atoms with Crippen molar-refractivity contribution in [3.05, 3.63) is 131 Å². The van der Waals surface area contributed by atoms with Crippen LogP contribution in [0.3, 0.4) is 0 Å². The number of rotatable bonds is 73. The van der Waals surface area contributed by atoms with E-state index < -0.39 is 29.8 Å². The van der Waals surface area contributed by atoms with E-state index in [1.165, 1.54) is 24.3 Å². The van der Waals surface area contributed by atoms with E-state index in [2.05, 4.69) is 5.32 Å². The van der Waals surface area contributed by atoms with Gasteiger partial charge in [0.2, 0.25) is 11.5 Å². The van der Waals surface area contributed by atoms with Gasteiger partial charge in [0.15, 0.2) is 28.8 Å². The Morgan fingerprint density at radius 1 is 0.322 bits per heavy atom. The van der Waals surface area contributed by atoms with Gasteiger partial charge in [-0.2, -0.15) is 0 Å². The van der Waals surface area contributed by atoms with Gasteiger partial charge in [-0.25, -0.2) is 4.79 Å². The third-order valence-electron chi connectivity index (χ3n) is 16.3. The minimum absolute atomic E-state index is 0.00209. The average molecular weight is 1630 g/mol. The zero-order valence-corrected chi connectivity index (χ0v) is 68.2. The lowest BCUT2D eigenvalue weighted by atomic mass is 10.00. The third-order valence-corrected chi connectivity index (χ3v) is 16.3. The Bertz CT molecular complexity index is 3120. The summed E-state index contributed by atoms with van der Waals surface area (Å²) in [4.78, 5) is 30.0. The molecule has 6 rings (SSSR count). The molecule has 0 unspecified atom stereocenters. The average Bonchev–Trinajstić information content (AvgIpc) is 0.808. The van der Waals surface area contributed by atoms with Crippen molar-refractivity contribution in [2.24, 2.45) is 0 Å². The summed E-state index contributed by atoms with van der Waals surface area (Å²) in [5, 5.41) is 3.08. The van der Waals surface area contributed by atoms with Crippen molar-refractivity contribution >= 4 is 11.9 Å². The molecule has 1 fully saturated rings. The molecular formula is C83H123NO31. The van der Waals surface area contributed by atoms with Crippen molar-refractivity contribution in [2.75, 3.05) is 293 Å². The minimum Gasteiger partial charge on any atom is -0.497 e. The number of hydrogen-bond acceptors (Lipinski definition) is 31. The first kappa shape index (κ1) is 96.5. The first-order valence-corrected chi connectivity index (χ1v) is 38.8. The first-order valence-electron chi connectivity index (χ1n) is 38.8. The molecule has 32 heteroatoms. The molecule has 1 amide bonds. The lowest BCUT2D eigenvalue weighted by molar-refractivity contribution is -0.273. The minimum atomic E-state index is -1.50. The summed E-state index contributed by atoms with van der Waals surface area (Å²) in [6, 6.07) is 31.2. The van der Waals surface area contributed by atoms with Gasteiger partial charge in [0.1, 0.15) is 63.3 Å². The van der Waals surface area contributed by atoms with E-state index >= 15 is 4.79 Å². The standard InChI is InChI=1S/C83H123NO31/c1-82(2)114-65-83(66-115-82,84-80(85)70-57-74(107-51-45-98-33-27-92-24-21-87-3)78(111-55-49-102-35-29-94-26-23-89-5)75(58-70)108-52-46-99-34-28-93-25-22-88-4)64-113-81(86)71-59-76(109-53-47-100-36-30-95-40-43-105-62-68-13-17-72(90-6)18-14-68)79(112-56-50-103-38-32-97-39-42-104-61-67-11-9-8-10-12-67)77(60-71)110-54-48-101-37-31-96-41-44-106-63-69-15-19-73(91-7)20-16-69/h8-20,57-60H,21-56,61-66H2,1-7H3,(H,84,85). The van der Waals surface area contributed by atoms with Crippen LogP contribution in [-0.2, 0) is 119 Å². The summed E-state index contributed by atoms with van der Waals surface area (Å²) < 4.78 is 169. The molecule has 0 spiro atoms. The molecule has 0 bridgehead atoms. The molecule has 646 valence electrons. The molecule has 1 aliphatic heterocycles. The van der Waals surface area contributed by atoms with Crippen LogP contribution in [0.4, 0.5) is 0 Å². The van der Waals surface area contributed by atoms with Gasteiger partial charge in [-0.15, -0.1) is 0 Å². The Kier molecular flexibility index (Phi) is 51.9. The largest absolute Gasteiger partial charge is 0.497 e. The van der Waals surface area contributed by atoms with Crippen molar-refractivity contribution in [3.63, 3.8) is 0 Å². The number of carbonyl (C=O) groups is 2. The summed E-state index contributed by atoms with van der Waals surface area (Å²) in [7, 11) is 8.04. The normalized spacial score (nSPS) is 13.0. The smallest absolute Gasteiger partial charge is 0.338 e. The molecule has 32 nitrogen and oxygen atoms in total. The molecule has 1 saturated heterocycles. The zero-order valence-electron chi connectivity index (χ0n) is 68.2. The van der Waals surface area contributed by atoms with Crippen LogP contribution in [0.1, 0.15) is 51.3 Å². The topological polar surface area (TPSA) is 314 Å². The van der Waals surface area contributed by atoms with E-state index in [1.54, 1.807) is 49.4 Å². The van der Waals surface area contributed by atoms with Crippen molar-refractivity contribution in [2.45, 2.75) is 45.0 Å². The molecular weight excluding hydrogens is 1510 g/mol. The van der Waals surface area contributed by atoms with Crippen LogP contribution in [-0.4, -0.2) is 316 Å². The number of benzene rings is 5. The highest BCUT2D eigenvalue weighted by Crippen LogP contribution is 2.41. The zero-order chi connectivity index (χ0) is 81.6. The number of methoxy groups -OCH3 is 5. The number of hydrogen-bond donors (Lipinski definition) is 1. The Balaban J connectivity index is 1.20. The molecule has 5 aromatic rings. The molecule has 0 radical (unpaired) electrons. The molecule has 0 atom stereocenters. The fourth-order valence-electron chi connectivity index (χ4n) is 10.2. The summed E-state index contributed by atoms with van der Waals surface area (Å²) in [5.41, 5.74) is 1.66. The van der Waals surface area contributed by atoms with E-state index in [4.69, 9.17) is 137 Å². The fraction of sp³-hybridized carbons (Fsp3) is 0.614. The highest BCUT2D eigenvalue weighted by molar-refractivity contribution is 5.96. The van der Waals surface area contributed by atoms with Gasteiger partial charge in [-0.1, -0.05) is 54.6 Å². The SMILES string of the molecule is COCCOCCOCCOc1cc(C(=O)NC2(COC(=O)c3cc(OCCOCCOCCOCc4ccc(OC)cc4)c(OCCOCCOCCOCc4ccccc4)c(OCCOCCOCCOCc4ccc(OC)cc4)c3)COC(C)(C)OC2)cc(OCCOCCOCCOC)c1OCCOCCOCCOC. The highest BCUT2D eigenvalue weighted by atomic mass is 16.7. The maximum absolute atomic E-state index is 15.1. The highest BCUT2D eigenvalue weighted by Gasteiger charge is 2.43. The van der Waals surface area contributed by atoms with E-state index in [0.717, 1.165) is 28.2 Å². The second kappa shape index (κ2) is 61.9. The van der Waals surface area contributed by atoms with Crippen LogP contribution in [0, 0.1) is 0 Å². The van der Waals surface area contributed by atoms with Crippen molar-refractivity contribution in [1.29, 1.82) is 0 Å². The van der Waals surface area contributed by atoms with Crippen molar-refractivity contribution in [3.8, 4) is 46.0 Å². The Hall–Kier alpha value is -7.36. The van der Waals surface area contributed by atoms with Crippen LogP contribution in [0.2, 0.25) is 0 Å². The Morgan fingerprint density at radius 2 is 0.591 bits per heavy atom. The predicted octanol–water partition coefficient (Wildman–Crippen LogP) is 7.87. The van der Waals surface area contributed by atoms with Crippen LogP contribution in [0.25, 0.3) is 0 Å². The number of ether oxygens (including phenoxy) is 29. The molecule has 0 aromatic heterocycles. The third kappa shape index (κ3) is 43.1. The number of carbonyl (C=O) groups excluding carboxylic acids is 2. The quantitative estimate of drug-likeness (QED) is 0.0286. The fourth-order valence-corrected chi connectivity index (χ4v) is 10.2. The molecule has 1 N–H and O–H groups in total. The van der Waals surface area contributed by atoms with Gasteiger partial charge < -0.3 is 143 Å². The summed E-state index contributed by atoms with van der Waals surface area (Å²) >= 11 is 0. The lowest BCUT2D eigenvalue weighted by Gasteiger charge is -2.43. The van der Waals surface area contributed by atoms with Gasteiger partial charge in [0.05, 0.1) is 251 Å². The molecule has 1 aliphatic rings. The lowest BCUT2D eigenvalue weighted by Crippen LogP contribution is -2.63. The van der Waals surface area contributed by atoms with Crippen molar-refractivity contribution < 1.29 is 147 Å². The monoisotopic (exact) mass is 1630 g/mol. The van der Waals surface area contributed by atoms with Gasteiger partial charge in [-0.3, -0.25) is 4.79 Å². The summed E-state index contributed by atoms with van der Waals surface area (Å²) in [5.74, 6) is -0.163. The van der Waals surface area contributed by atoms with E-state index in [0.29, 0.717) is 145 Å². The van der Waals surface area contributed by atoms with Gasteiger partial charge in [0.25, 0.3) is 5.91 Å². The maximum Gasteiger partial charge on any atom is 0.338 e. The van der Waals surface area contributed by atoms with E-state index in [1.807, 2.05) is 78.9 Å². The Labute approximate surface area is 676 Å². The van der Waals surface area contributed by atoms with Crippen LogP contribution in [0.5, 0.6) is 46.0 Å². The summed E-state index contributed by atoms with van der Waals surface area (Å²) in [6.45, 7) is 13.4.